The Bertz CT molecular complexity index is 388. The van der Waals surface area contributed by atoms with Gasteiger partial charge in [-0.3, -0.25) is 9.63 Å². The maximum Gasteiger partial charge on any atom is 0.263 e. The largest absolute Gasteiger partial charge is 0.319 e. The van der Waals surface area contributed by atoms with Crippen LogP contribution in [0.25, 0.3) is 0 Å². The lowest BCUT2D eigenvalue weighted by Gasteiger charge is -2.30. The molecule has 1 aromatic carbocycles. The van der Waals surface area contributed by atoms with Crippen molar-refractivity contribution in [1.29, 1.82) is 0 Å². The van der Waals surface area contributed by atoms with Gasteiger partial charge in [-0.1, -0.05) is 37.3 Å². The minimum absolute atomic E-state index is 0.00998. The molecule has 1 saturated heterocycles. The van der Waals surface area contributed by atoms with Crippen LogP contribution in [0, 0.1) is 0 Å². The van der Waals surface area contributed by atoms with Crippen LogP contribution >= 0.6 is 0 Å². The summed E-state index contributed by atoms with van der Waals surface area (Å²) in [5, 5.41) is 1.42. The zero-order chi connectivity index (χ0) is 13.0. The van der Waals surface area contributed by atoms with Crippen LogP contribution in [0.15, 0.2) is 30.3 Å². The average Bonchev–Trinajstić information content (AvgIpc) is 2.47. The van der Waals surface area contributed by atoms with Gasteiger partial charge in [0, 0.05) is 12.5 Å². The summed E-state index contributed by atoms with van der Waals surface area (Å²) in [4.78, 5) is 17.5. The van der Waals surface area contributed by atoms with Crippen molar-refractivity contribution in [2.45, 2.75) is 31.7 Å². The van der Waals surface area contributed by atoms with Crippen LogP contribution in [0.1, 0.15) is 31.2 Å². The number of nitrogens with zero attached hydrogens (tertiary/aromatic N) is 1. The molecule has 2 rings (SSSR count). The topological polar surface area (TPSA) is 55.6 Å². The highest BCUT2D eigenvalue weighted by Crippen LogP contribution is 2.20. The number of carbonyl (C=O) groups excluding carboxylic acids is 1. The Morgan fingerprint density at radius 3 is 2.67 bits per heavy atom. The molecule has 4 heteroatoms. The van der Waals surface area contributed by atoms with E-state index in [1.54, 1.807) is 0 Å². The summed E-state index contributed by atoms with van der Waals surface area (Å²) in [5.41, 5.74) is 7.13. The van der Waals surface area contributed by atoms with Gasteiger partial charge in [0.25, 0.3) is 5.91 Å². The molecule has 0 radical (unpaired) electrons. The summed E-state index contributed by atoms with van der Waals surface area (Å²) in [6, 6.07) is 9.31. The van der Waals surface area contributed by atoms with Gasteiger partial charge in [0.05, 0.1) is 12.6 Å². The number of hydrogen-bond donors (Lipinski definition) is 1. The molecule has 1 aliphatic rings. The van der Waals surface area contributed by atoms with Gasteiger partial charge >= 0.3 is 0 Å². The molecule has 0 aromatic heterocycles. The fraction of sp³-hybridized carbons (Fsp3) is 0.500. The summed E-state index contributed by atoms with van der Waals surface area (Å²) in [6.45, 7) is 3.23. The predicted molar refractivity (Wildman–Crippen MR) is 69.7 cm³/mol. The van der Waals surface area contributed by atoms with E-state index in [1.807, 2.05) is 37.3 Å². The Kier molecular flexibility index (Phi) is 4.33. The summed E-state index contributed by atoms with van der Waals surface area (Å²) >= 11 is 0. The Hall–Kier alpha value is -1.39. The Labute approximate surface area is 108 Å². The molecule has 0 aliphatic carbocycles. The number of benzene rings is 1. The minimum Gasteiger partial charge on any atom is -0.319 e. The number of hydrogen-bond acceptors (Lipinski definition) is 3. The minimum atomic E-state index is -0.550. The molecule has 2 atom stereocenters. The van der Waals surface area contributed by atoms with Crippen LogP contribution in [0.5, 0.6) is 0 Å². The molecule has 18 heavy (non-hydrogen) atoms. The van der Waals surface area contributed by atoms with E-state index >= 15 is 0 Å². The van der Waals surface area contributed by atoms with Crippen molar-refractivity contribution in [3.8, 4) is 0 Å². The number of amides is 1. The van der Waals surface area contributed by atoms with Crippen molar-refractivity contribution in [2.75, 3.05) is 13.2 Å². The SMILES string of the molecule is C[C@@H](c1ccccc1)[C@H](N)C(=O)N1CCCCO1. The molecular formula is C14H20N2O2. The first-order valence-corrected chi connectivity index (χ1v) is 6.45. The second-order valence-electron chi connectivity index (χ2n) is 4.71. The van der Waals surface area contributed by atoms with Crippen LogP contribution in [0.3, 0.4) is 0 Å². The highest BCUT2D eigenvalue weighted by atomic mass is 16.7. The van der Waals surface area contributed by atoms with Crippen molar-refractivity contribution in [1.82, 2.24) is 5.06 Å². The van der Waals surface area contributed by atoms with E-state index in [-0.39, 0.29) is 11.8 Å². The molecule has 1 amide bonds. The Balaban J connectivity index is 2.01. The van der Waals surface area contributed by atoms with Crippen molar-refractivity contribution in [2.24, 2.45) is 5.73 Å². The molecular weight excluding hydrogens is 228 g/mol. The van der Waals surface area contributed by atoms with Crippen molar-refractivity contribution in [3.63, 3.8) is 0 Å². The predicted octanol–water partition coefficient (Wildman–Crippen LogP) is 1.67. The van der Waals surface area contributed by atoms with Gasteiger partial charge in [0.2, 0.25) is 0 Å². The fourth-order valence-corrected chi connectivity index (χ4v) is 2.11. The standard InChI is InChI=1S/C14H20N2O2/c1-11(12-7-3-2-4-8-12)13(15)14(17)16-9-5-6-10-18-16/h2-4,7-8,11,13H,5-6,9-10,15H2,1H3/t11-,13-/m0/s1. The molecule has 1 aromatic rings. The van der Waals surface area contributed by atoms with E-state index in [1.165, 1.54) is 5.06 Å². The zero-order valence-corrected chi connectivity index (χ0v) is 10.7. The van der Waals surface area contributed by atoms with Crippen molar-refractivity contribution < 1.29 is 9.63 Å². The zero-order valence-electron chi connectivity index (χ0n) is 10.7. The first-order valence-electron chi connectivity index (χ1n) is 6.45. The average molecular weight is 248 g/mol. The third kappa shape index (κ3) is 2.89. The van der Waals surface area contributed by atoms with Gasteiger partial charge in [-0.2, -0.15) is 0 Å². The summed E-state index contributed by atoms with van der Waals surface area (Å²) in [6.07, 6.45) is 1.99. The van der Waals surface area contributed by atoms with E-state index in [0.717, 1.165) is 18.4 Å². The number of hydroxylamine groups is 2. The molecule has 1 fully saturated rings. The fourth-order valence-electron chi connectivity index (χ4n) is 2.11. The number of carbonyl (C=O) groups is 1. The van der Waals surface area contributed by atoms with E-state index in [0.29, 0.717) is 13.2 Å². The van der Waals surface area contributed by atoms with Gasteiger partial charge < -0.3 is 5.73 Å². The van der Waals surface area contributed by atoms with Crippen molar-refractivity contribution >= 4 is 5.91 Å². The van der Waals surface area contributed by atoms with Gasteiger partial charge in [-0.15, -0.1) is 0 Å². The third-order valence-corrected chi connectivity index (χ3v) is 3.40. The molecule has 1 aliphatic heterocycles. The lowest BCUT2D eigenvalue weighted by molar-refractivity contribution is -0.198. The lowest BCUT2D eigenvalue weighted by atomic mass is 9.93. The number of rotatable bonds is 3. The first kappa shape index (κ1) is 13.1. The molecule has 4 nitrogen and oxygen atoms in total. The highest BCUT2D eigenvalue weighted by Gasteiger charge is 2.28. The number of nitrogens with two attached hydrogens (primary N) is 1. The monoisotopic (exact) mass is 248 g/mol. The van der Waals surface area contributed by atoms with Crippen LogP contribution in [-0.2, 0) is 9.63 Å². The molecule has 0 unspecified atom stereocenters. The quantitative estimate of drug-likeness (QED) is 0.885. The van der Waals surface area contributed by atoms with E-state index in [4.69, 9.17) is 10.6 Å². The summed E-state index contributed by atoms with van der Waals surface area (Å²) < 4.78 is 0. The van der Waals surface area contributed by atoms with Crippen LogP contribution in [0.2, 0.25) is 0 Å². The highest BCUT2D eigenvalue weighted by molar-refractivity contribution is 5.81. The van der Waals surface area contributed by atoms with Crippen LogP contribution < -0.4 is 5.73 Å². The Morgan fingerprint density at radius 2 is 2.06 bits per heavy atom. The molecule has 0 saturated carbocycles. The van der Waals surface area contributed by atoms with Gasteiger partial charge in [0.15, 0.2) is 0 Å². The van der Waals surface area contributed by atoms with Crippen LogP contribution in [0.4, 0.5) is 0 Å². The van der Waals surface area contributed by atoms with E-state index in [9.17, 15) is 4.79 Å². The molecule has 0 bridgehead atoms. The second-order valence-corrected chi connectivity index (χ2v) is 4.71. The Morgan fingerprint density at radius 1 is 1.33 bits per heavy atom. The van der Waals surface area contributed by atoms with Gasteiger partial charge in [-0.25, -0.2) is 5.06 Å². The first-order chi connectivity index (χ1) is 8.70. The molecule has 2 N–H and O–H groups in total. The third-order valence-electron chi connectivity index (χ3n) is 3.40. The van der Waals surface area contributed by atoms with Crippen LogP contribution in [-0.4, -0.2) is 30.2 Å². The molecule has 98 valence electrons. The van der Waals surface area contributed by atoms with Gasteiger partial charge in [0.1, 0.15) is 0 Å². The smallest absolute Gasteiger partial charge is 0.263 e. The maximum absolute atomic E-state index is 12.2. The summed E-state index contributed by atoms with van der Waals surface area (Å²) in [5.74, 6) is -0.129. The van der Waals surface area contributed by atoms with Gasteiger partial charge in [-0.05, 0) is 18.4 Å². The molecule has 1 heterocycles. The van der Waals surface area contributed by atoms with E-state index < -0.39 is 6.04 Å². The summed E-state index contributed by atoms with van der Waals surface area (Å²) in [7, 11) is 0. The maximum atomic E-state index is 12.2. The molecule has 0 spiro atoms. The lowest BCUT2D eigenvalue weighted by Crippen LogP contribution is -2.48. The van der Waals surface area contributed by atoms with E-state index in [2.05, 4.69) is 0 Å². The second kappa shape index (κ2) is 5.98. The normalized spacial score (nSPS) is 19.3. The van der Waals surface area contributed by atoms with Crippen molar-refractivity contribution in [3.05, 3.63) is 35.9 Å².